The van der Waals surface area contributed by atoms with Crippen LogP contribution in [0.5, 0.6) is 0 Å². The predicted octanol–water partition coefficient (Wildman–Crippen LogP) is 2.39. The zero-order chi connectivity index (χ0) is 16.4. The normalized spacial score (nSPS) is 11.4. The third kappa shape index (κ3) is 7.45. The molecule has 1 aromatic carbocycles. The molecule has 0 aliphatic carbocycles. The first-order valence-corrected chi connectivity index (χ1v) is 8.38. The summed E-state index contributed by atoms with van der Waals surface area (Å²) < 4.78 is 0.897. The van der Waals surface area contributed by atoms with Crippen LogP contribution in [0.3, 0.4) is 0 Å². The van der Waals surface area contributed by atoms with Crippen molar-refractivity contribution < 1.29 is 4.79 Å². The minimum atomic E-state index is -0.0766. The van der Waals surface area contributed by atoms with E-state index < -0.39 is 0 Å². The van der Waals surface area contributed by atoms with Gasteiger partial charge in [-0.15, -0.1) is 0 Å². The van der Waals surface area contributed by atoms with Gasteiger partial charge in [0.1, 0.15) is 0 Å². The fourth-order valence-corrected chi connectivity index (χ4v) is 2.10. The Hall–Kier alpha value is -1.56. The van der Waals surface area contributed by atoms with Gasteiger partial charge in [0.25, 0.3) is 5.91 Å². The number of amides is 1. The molecule has 0 aliphatic rings. The van der Waals surface area contributed by atoms with Gasteiger partial charge in [-0.2, -0.15) is 0 Å². The van der Waals surface area contributed by atoms with E-state index in [2.05, 4.69) is 50.7 Å². The molecule has 0 aromatic heterocycles. The highest BCUT2D eigenvalue weighted by Gasteiger charge is 2.05. The van der Waals surface area contributed by atoms with Gasteiger partial charge in [-0.25, -0.2) is 0 Å². The molecule has 0 aliphatic heterocycles. The highest BCUT2D eigenvalue weighted by molar-refractivity contribution is 9.10. The molecule has 0 atom stereocenters. The predicted molar refractivity (Wildman–Crippen MR) is 95.3 cm³/mol. The van der Waals surface area contributed by atoms with Crippen LogP contribution < -0.4 is 16.0 Å². The summed E-state index contributed by atoms with van der Waals surface area (Å²) in [5.74, 6) is 1.23. The number of carbonyl (C=O) groups excluding carboxylic acids is 1. The van der Waals surface area contributed by atoms with Crippen molar-refractivity contribution in [1.82, 2.24) is 16.0 Å². The number of hydrogen-bond acceptors (Lipinski definition) is 2. The molecule has 0 unspecified atom stereocenters. The minimum absolute atomic E-state index is 0.0766. The van der Waals surface area contributed by atoms with Gasteiger partial charge < -0.3 is 16.0 Å². The first-order valence-electron chi connectivity index (χ1n) is 7.59. The first-order chi connectivity index (χ1) is 10.5. The molecule has 0 spiro atoms. The average Bonchev–Trinajstić information content (AvgIpc) is 2.48. The SMILES string of the molecule is CCNC(=NCC(C)C)NCCNC(=O)c1cccc(Br)c1. The van der Waals surface area contributed by atoms with E-state index in [-0.39, 0.29) is 5.91 Å². The van der Waals surface area contributed by atoms with Crippen molar-refractivity contribution in [2.24, 2.45) is 10.9 Å². The molecule has 6 heteroatoms. The lowest BCUT2D eigenvalue weighted by atomic mass is 10.2. The Bertz CT molecular complexity index is 503. The van der Waals surface area contributed by atoms with E-state index in [0.29, 0.717) is 24.6 Å². The van der Waals surface area contributed by atoms with Crippen molar-refractivity contribution in [3.8, 4) is 0 Å². The van der Waals surface area contributed by atoms with Crippen LogP contribution in [0, 0.1) is 5.92 Å². The van der Waals surface area contributed by atoms with Crippen LogP contribution in [0.4, 0.5) is 0 Å². The number of nitrogens with one attached hydrogen (secondary N) is 3. The van der Waals surface area contributed by atoms with E-state index in [9.17, 15) is 4.79 Å². The molecule has 3 N–H and O–H groups in total. The van der Waals surface area contributed by atoms with Gasteiger partial charge in [-0.05, 0) is 31.0 Å². The molecule has 5 nitrogen and oxygen atoms in total. The molecule has 0 radical (unpaired) electrons. The number of guanidine groups is 1. The maximum absolute atomic E-state index is 12.0. The Kier molecular flexibility index (Phi) is 8.58. The second kappa shape index (κ2) is 10.2. The molecule has 0 fully saturated rings. The van der Waals surface area contributed by atoms with E-state index in [4.69, 9.17) is 0 Å². The Labute approximate surface area is 141 Å². The van der Waals surface area contributed by atoms with Crippen LogP contribution in [-0.2, 0) is 0 Å². The summed E-state index contributed by atoms with van der Waals surface area (Å²) in [5.41, 5.74) is 0.648. The molecule has 0 saturated heterocycles. The topological polar surface area (TPSA) is 65.5 Å². The molecule has 0 bridgehead atoms. The van der Waals surface area contributed by atoms with Crippen LogP contribution in [-0.4, -0.2) is 38.0 Å². The summed E-state index contributed by atoms with van der Waals surface area (Å²) in [6.45, 7) is 9.05. The number of benzene rings is 1. The molecule has 22 heavy (non-hydrogen) atoms. The number of halogens is 1. The number of nitrogens with zero attached hydrogens (tertiary/aromatic N) is 1. The van der Waals surface area contributed by atoms with Crippen LogP contribution in [0.15, 0.2) is 33.7 Å². The van der Waals surface area contributed by atoms with E-state index in [1.165, 1.54) is 0 Å². The summed E-state index contributed by atoms with van der Waals surface area (Å²) in [7, 11) is 0. The van der Waals surface area contributed by atoms with Crippen molar-refractivity contribution in [3.63, 3.8) is 0 Å². The monoisotopic (exact) mass is 368 g/mol. The number of aliphatic imine (C=N–C) groups is 1. The Balaban J connectivity index is 2.36. The largest absolute Gasteiger partial charge is 0.357 e. The van der Waals surface area contributed by atoms with Crippen molar-refractivity contribution in [2.75, 3.05) is 26.2 Å². The van der Waals surface area contributed by atoms with Crippen molar-refractivity contribution in [2.45, 2.75) is 20.8 Å². The second-order valence-electron chi connectivity index (χ2n) is 5.31. The van der Waals surface area contributed by atoms with Crippen LogP contribution >= 0.6 is 15.9 Å². The number of carbonyl (C=O) groups is 1. The standard InChI is InChI=1S/C16H25BrN4O/c1-4-18-16(21-11-12(2)3)20-9-8-19-15(22)13-6-5-7-14(17)10-13/h5-7,10,12H,4,8-9,11H2,1-3H3,(H,19,22)(H2,18,20,21). The summed E-state index contributed by atoms with van der Waals surface area (Å²) >= 11 is 3.36. The molecule has 0 heterocycles. The molecular formula is C16H25BrN4O. The molecular weight excluding hydrogens is 344 g/mol. The van der Waals surface area contributed by atoms with E-state index >= 15 is 0 Å². The smallest absolute Gasteiger partial charge is 0.251 e. The van der Waals surface area contributed by atoms with E-state index in [1.54, 1.807) is 12.1 Å². The highest BCUT2D eigenvalue weighted by atomic mass is 79.9. The van der Waals surface area contributed by atoms with Gasteiger partial charge >= 0.3 is 0 Å². The summed E-state index contributed by atoms with van der Waals surface area (Å²) in [6.07, 6.45) is 0. The number of hydrogen-bond donors (Lipinski definition) is 3. The molecule has 1 aromatic rings. The van der Waals surface area contributed by atoms with E-state index in [0.717, 1.165) is 23.5 Å². The quantitative estimate of drug-likeness (QED) is 0.393. The van der Waals surface area contributed by atoms with Gasteiger partial charge in [0.15, 0.2) is 5.96 Å². The third-order valence-electron chi connectivity index (χ3n) is 2.75. The van der Waals surface area contributed by atoms with Gasteiger partial charge in [0.2, 0.25) is 0 Å². The zero-order valence-electron chi connectivity index (χ0n) is 13.4. The summed E-state index contributed by atoms with van der Waals surface area (Å²) in [4.78, 5) is 16.5. The van der Waals surface area contributed by atoms with Crippen LogP contribution in [0.2, 0.25) is 0 Å². The van der Waals surface area contributed by atoms with Crippen LogP contribution in [0.25, 0.3) is 0 Å². The summed E-state index contributed by atoms with van der Waals surface area (Å²) in [6, 6.07) is 7.34. The first kappa shape index (κ1) is 18.5. The van der Waals surface area contributed by atoms with Crippen molar-refractivity contribution in [1.29, 1.82) is 0 Å². The summed E-state index contributed by atoms with van der Waals surface area (Å²) in [5, 5.41) is 9.28. The van der Waals surface area contributed by atoms with E-state index in [1.807, 2.05) is 19.1 Å². The van der Waals surface area contributed by atoms with Gasteiger partial charge in [0.05, 0.1) is 0 Å². The lowest BCUT2D eigenvalue weighted by Gasteiger charge is -2.12. The van der Waals surface area contributed by atoms with Gasteiger partial charge in [-0.1, -0.05) is 35.8 Å². The fourth-order valence-electron chi connectivity index (χ4n) is 1.70. The van der Waals surface area contributed by atoms with Crippen molar-refractivity contribution in [3.05, 3.63) is 34.3 Å². The maximum atomic E-state index is 12.0. The van der Waals surface area contributed by atoms with Crippen LogP contribution in [0.1, 0.15) is 31.1 Å². The lowest BCUT2D eigenvalue weighted by molar-refractivity contribution is 0.0954. The maximum Gasteiger partial charge on any atom is 0.251 e. The highest BCUT2D eigenvalue weighted by Crippen LogP contribution is 2.11. The second-order valence-corrected chi connectivity index (χ2v) is 6.22. The lowest BCUT2D eigenvalue weighted by Crippen LogP contribution is -2.41. The Morgan fingerprint density at radius 2 is 1.95 bits per heavy atom. The molecule has 0 saturated carbocycles. The zero-order valence-corrected chi connectivity index (χ0v) is 15.0. The average molecular weight is 369 g/mol. The van der Waals surface area contributed by atoms with Gasteiger partial charge in [-0.3, -0.25) is 9.79 Å². The van der Waals surface area contributed by atoms with Crippen molar-refractivity contribution >= 4 is 27.8 Å². The van der Waals surface area contributed by atoms with Gasteiger partial charge in [0, 0.05) is 36.2 Å². The molecule has 1 amide bonds. The number of rotatable bonds is 7. The molecule has 122 valence electrons. The molecule has 1 rings (SSSR count). The Morgan fingerprint density at radius 1 is 1.23 bits per heavy atom. The minimum Gasteiger partial charge on any atom is -0.357 e. The fraction of sp³-hybridized carbons (Fsp3) is 0.500. The Morgan fingerprint density at radius 3 is 2.59 bits per heavy atom. The third-order valence-corrected chi connectivity index (χ3v) is 3.24.